The summed E-state index contributed by atoms with van der Waals surface area (Å²) >= 11 is 0. The molecule has 2 aromatic rings. The van der Waals surface area contributed by atoms with Crippen LogP contribution in [0.15, 0.2) is 36.4 Å². The van der Waals surface area contributed by atoms with E-state index in [1.807, 2.05) is 35.6 Å². The van der Waals surface area contributed by atoms with Crippen LogP contribution in [-0.4, -0.2) is 67.5 Å². The highest BCUT2D eigenvalue weighted by molar-refractivity contribution is 5.78. The number of aryl methyl sites for hydroxylation is 2. The van der Waals surface area contributed by atoms with Crippen molar-refractivity contribution in [3.8, 4) is 5.75 Å². The summed E-state index contributed by atoms with van der Waals surface area (Å²) in [5, 5.41) is 11.3. The van der Waals surface area contributed by atoms with Gasteiger partial charge < -0.3 is 14.5 Å². The smallest absolute Gasteiger partial charge is 0.292 e. The molecule has 3 rings (SSSR count). The van der Waals surface area contributed by atoms with Gasteiger partial charge in [0.25, 0.3) is 5.69 Å². The minimum absolute atomic E-state index is 0.0756. The van der Waals surface area contributed by atoms with Crippen molar-refractivity contribution >= 4 is 17.3 Å². The Morgan fingerprint density at radius 2 is 1.74 bits per heavy atom. The van der Waals surface area contributed by atoms with Gasteiger partial charge in [-0.3, -0.25) is 19.8 Å². The lowest BCUT2D eigenvalue weighted by Gasteiger charge is -2.36. The minimum Gasteiger partial charge on any atom is -0.496 e. The number of hydrogen-bond acceptors (Lipinski definition) is 6. The Labute approximate surface area is 183 Å². The summed E-state index contributed by atoms with van der Waals surface area (Å²) in [6.07, 6.45) is 0. The number of likely N-dealkylation sites (N-methyl/N-ethyl adjacent to an activating group) is 1. The van der Waals surface area contributed by atoms with Gasteiger partial charge in [-0.05, 0) is 43.7 Å². The maximum atomic E-state index is 12.8. The van der Waals surface area contributed by atoms with Crippen molar-refractivity contribution in [1.82, 2.24) is 9.80 Å². The first-order valence-corrected chi connectivity index (χ1v) is 10.4. The first-order valence-electron chi connectivity index (χ1n) is 10.4. The molecule has 8 nitrogen and oxygen atoms in total. The van der Waals surface area contributed by atoms with Gasteiger partial charge in [0, 0.05) is 38.8 Å². The SMILES string of the molecule is COc1c(C)cc(CN(C)CC(=O)N2CCN(c3ccccc3[N+](=O)[O-])CC2)cc1C. The van der Waals surface area contributed by atoms with E-state index in [0.717, 1.165) is 22.4 Å². The Hall–Kier alpha value is -3.13. The second-order valence-corrected chi connectivity index (χ2v) is 8.05. The lowest BCUT2D eigenvalue weighted by molar-refractivity contribution is -0.384. The van der Waals surface area contributed by atoms with Crippen LogP contribution in [0.3, 0.4) is 0 Å². The van der Waals surface area contributed by atoms with E-state index >= 15 is 0 Å². The predicted octanol–water partition coefficient (Wildman–Crippen LogP) is 3.00. The molecule has 0 aliphatic carbocycles. The molecular weight excluding hydrogens is 396 g/mol. The van der Waals surface area contributed by atoms with Crippen molar-refractivity contribution in [1.29, 1.82) is 0 Å². The third kappa shape index (κ3) is 5.32. The van der Waals surface area contributed by atoms with E-state index < -0.39 is 0 Å². The quantitative estimate of drug-likeness (QED) is 0.500. The first kappa shape index (κ1) is 22.6. The number of carbonyl (C=O) groups excluding carboxylic acids is 1. The Morgan fingerprint density at radius 1 is 1.13 bits per heavy atom. The van der Waals surface area contributed by atoms with Crippen molar-refractivity contribution in [2.24, 2.45) is 0 Å². The zero-order valence-corrected chi connectivity index (χ0v) is 18.6. The Kier molecular flexibility index (Phi) is 7.12. The van der Waals surface area contributed by atoms with Crippen LogP contribution in [0.2, 0.25) is 0 Å². The van der Waals surface area contributed by atoms with Crippen molar-refractivity contribution in [3.05, 3.63) is 63.2 Å². The molecule has 1 saturated heterocycles. The average Bonchev–Trinajstić information content (AvgIpc) is 2.73. The minimum atomic E-state index is -0.357. The fourth-order valence-corrected chi connectivity index (χ4v) is 4.23. The molecule has 1 heterocycles. The van der Waals surface area contributed by atoms with E-state index in [2.05, 4.69) is 12.1 Å². The zero-order chi connectivity index (χ0) is 22.5. The number of para-hydroxylation sites is 2. The van der Waals surface area contributed by atoms with Gasteiger partial charge in [0.15, 0.2) is 0 Å². The number of rotatable bonds is 7. The number of piperazine rings is 1. The predicted molar refractivity (Wildman–Crippen MR) is 121 cm³/mol. The summed E-state index contributed by atoms with van der Waals surface area (Å²) in [4.78, 5) is 29.6. The van der Waals surface area contributed by atoms with E-state index in [0.29, 0.717) is 45.0 Å². The number of amides is 1. The number of methoxy groups -OCH3 is 1. The van der Waals surface area contributed by atoms with Crippen molar-refractivity contribution in [2.75, 3.05) is 51.8 Å². The van der Waals surface area contributed by atoms with Crippen molar-refractivity contribution < 1.29 is 14.5 Å². The second kappa shape index (κ2) is 9.78. The molecule has 1 amide bonds. The lowest BCUT2D eigenvalue weighted by atomic mass is 10.1. The summed E-state index contributed by atoms with van der Waals surface area (Å²) in [5.74, 6) is 0.977. The number of anilines is 1. The lowest BCUT2D eigenvalue weighted by Crippen LogP contribution is -2.51. The van der Waals surface area contributed by atoms with Gasteiger partial charge in [-0.1, -0.05) is 24.3 Å². The molecule has 1 fully saturated rings. The number of nitrogens with zero attached hydrogens (tertiary/aromatic N) is 4. The summed E-state index contributed by atoms with van der Waals surface area (Å²) in [6.45, 7) is 7.32. The molecule has 0 bridgehead atoms. The zero-order valence-electron chi connectivity index (χ0n) is 18.6. The number of nitro groups is 1. The van der Waals surface area contributed by atoms with Gasteiger partial charge in [-0.15, -0.1) is 0 Å². The fraction of sp³-hybridized carbons (Fsp3) is 0.435. The molecule has 8 heteroatoms. The Morgan fingerprint density at radius 3 is 2.32 bits per heavy atom. The van der Waals surface area contributed by atoms with Crippen LogP contribution in [0.25, 0.3) is 0 Å². The highest BCUT2D eigenvalue weighted by Gasteiger charge is 2.25. The highest BCUT2D eigenvalue weighted by Crippen LogP contribution is 2.28. The van der Waals surface area contributed by atoms with Gasteiger partial charge in [0.05, 0.1) is 18.6 Å². The standard InChI is InChI=1S/C23H30N4O4/c1-17-13-19(14-18(2)23(17)31-4)15-24(3)16-22(28)26-11-9-25(10-12-26)20-7-5-6-8-21(20)27(29)30/h5-8,13-14H,9-12,15-16H2,1-4H3. The normalized spacial score (nSPS) is 14.1. The molecule has 1 aliphatic heterocycles. The summed E-state index contributed by atoms with van der Waals surface area (Å²) in [5.41, 5.74) is 4.04. The maximum Gasteiger partial charge on any atom is 0.292 e. The topological polar surface area (TPSA) is 79.2 Å². The fourth-order valence-electron chi connectivity index (χ4n) is 4.23. The van der Waals surface area contributed by atoms with Gasteiger partial charge in [-0.2, -0.15) is 0 Å². The van der Waals surface area contributed by atoms with Crippen LogP contribution in [0, 0.1) is 24.0 Å². The largest absolute Gasteiger partial charge is 0.496 e. The number of nitro benzene ring substituents is 1. The molecule has 0 radical (unpaired) electrons. The summed E-state index contributed by atoms with van der Waals surface area (Å²) < 4.78 is 5.42. The first-order chi connectivity index (χ1) is 14.8. The van der Waals surface area contributed by atoms with Gasteiger partial charge >= 0.3 is 0 Å². The summed E-state index contributed by atoms with van der Waals surface area (Å²) in [7, 11) is 3.62. The van der Waals surface area contributed by atoms with E-state index in [4.69, 9.17) is 4.74 Å². The molecule has 2 aromatic carbocycles. The van der Waals surface area contributed by atoms with Crippen LogP contribution in [0.1, 0.15) is 16.7 Å². The van der Waals surface area contributed by atoms with E-state index in [9.17, 15) is 14.9 Å². The molecular formula is C23H30N4O4. The number of ether oxygens (including phenoxy) is 1. The van der Waals surface area contributed by atoms with Crippen LogP contribution < -0.4 is 9.64 Å². The van der Waals surface area contributed by atoms with Crippen LogP contribution in [0.5, 0.6) is 5.75 Å². The molecule has 0 saturated carbocycles. The third-order valence-electron chi connectivity index (χ3n) is 5.63. The number of hydrogen-bond donors (Lipinski definition) is 0. The molecule has 0 atom stereocenters. The molecule has 166 valence electrons. The van der Waals surface area contributed by atoms with Crippen molar-refractivity contribution in [3.63, 3.8) is 0 Å². The number of carbonyl (C=O) groups is 1. The van der Waals surface area contributed by atoms with Gasteiger partial charge in [0.1, 0.15) is 11.4 Å². The maximum absolute atomic E-state index is 12.8. The van der Waals surface area contributed by atoms with E-state index in [-0.39, 0.29) is 16.5 Å². The van der Waals surface area contributed by atoms with Crippen LogP contribution in [0.4, 0.5) is 11.4 Å². The summed E-state index contributed by atoms with van der Waals surface area (Å²) in [6, 6.07) is 10.9. The molecule has 0 N–H and O–H groups in total. The molecule has 0 unspecified atom stereocenters. The number of benzene rings is 2. The Balaban J connectivity index is 1.55. The highest BCUT2D eigenvalue weighted by atomic mass is 16.6. The Bertz CT molecular complexity index is 931. The second-order valence-electron chi connectivity index (χ2n) is 8.05. The van der Waals surface area contributed by atoms with E-state index in [1.165, 1.54) is 6.07 Å². The van der Waals surface area contributed by atoms with Gasteiger partial charge in [0.2, 0.25) is 5.91 Å². The average molecular weight is 427 g/mol. The third-order valence-corrected chi connectivity index (χ3v) is 5.63. The molecule has 0 aromatic heterocycles. The molecule has 0 spiro atoms. The molecule has 1 aliphatic rings. The van der Waals surface area contributed by atoms with Crippen LogP contribution in [-0.2, 0) is 11.3 Å². The van der Waals surface area contributed by atoms with Gasteiger partial charge in [-0.25, -0.2) is 0 Å². The monoisotopic (exact) mass is 426 g/mol. The molecule has 31 heavy (non-hydrogen) atoms. The van der Waals surface area contributed by atoms with E-state index in [1.54, 1.807) is 25.3 Å². The van der Waals surface area contributed by atoms with Crippen LogP contribution >= 0.6 is 0 Å². The van der Waals surface area contributed by atoms with Crippen molar-refractivity contribution in [2.45, 2.75) is 20.4 Å².